The number of benzene rings is 1. The lowest BCUT2D eigenvalue weighted by atomic mass is 10.1. The Morgan fingerprint density at radius 1 is 1.10 bits per heavy atom. The van der Waals surface area contributed by atoms with Crippen molar-refractivity contribution >= 4 is 10.1 Å². The van der Waals surface area contributed by atoms with E-state index in [0.717, 1.165) is 5.56 Å². The zero-order valence-corrected chi connectivity index (χ0v) is 11.7. The van der Waals surface area contributed by atoms with Crippen LogP contribution in [0.3, 0.4) is 0 Å². The van der Waals surface area contributed by atoms with Crippen LogP contribution in [-0.4, -0.2) is 26.9 Å². The molecule has 0 aliphatic rings. The average Bonchev–Trinajstić information content (AvgIpc) is 2.27. The maximum atomic E-state index is 12.9. The maximum Gasteiger partial charge on any atom is 0.312 e. The smallest absolute Gasteiger partial charge is 0.266 e. The van der Waals surface area contributed by atoms with Gasteiger partial charge in [0.05, 0.1) is 11.5 Å². The monoisotopic (exact) mass is 314 g/mol. The van der Waals surface area contributed by atoms with Crippen molar-refractivity contribution in [3.05, 3.63) is 29.8 Å². The van der Waals surface area contributed by atoms with E-state index < -0.39 is 35.0 Å². The third-order valence-corrected chi connectivity index (χ3v) is 3.93. The Kier molecular flexibility index (Phi) is 4.81. The van der Waals surface area contributed by atoms with Gasteiger partial charge in [-0.1, -0.05) is 17.7 Å². The van der Waals surface area contributed by atoms with E-state index in [1.54, 1.807) is 6.92 Å². The number of hydrogen-bond acceptors (Lipinski definition) is 3. The second kappa shape index (κ2) is 5.69. The summed E-state index contributed by atoms with van der Waals surface area (Å²) in [6.45, 7) is 0.787. The summed E-state index contributed by atoms with van der Waals surface area (Å²) in [6.07, 6.45) is -1.39. The summed E-state index contributed by atoms with van der Waals surface area (Å²) in [5.74, 6) is -8.56. The SMILES string of the molecule is Cc1ccc(S(=O)(=O)OCCC(F)(F)C(C)(F)F)cc1. The van der Waals surface area contributed by atoms with Gasteiger partial charge in [-0.25, -0.2) is 8.78 Å². The van der Waals surface area contributed by atoms with Gasteiger partial charge in [0.1, 0.15) is 0 Å². The summed E-state index contributed by atoms with van der Waals surface area (Å²) in [5.41, 5.74) is 0.807. The van der Waals surface area contributed by atoms with Crippen LogP contribution in [0.2, 0.25) is 0 Å². The van der Waals surface area contributed by atoms with Crippen LogP contribution in [-0.2, 0) is 14.3 Å². The number of aryl methyl sites for hydroxylation is 1. The second-order valence-electron chi connectivity index (χ2n) is 4.43. The molecule has 0 spiro atoms. The topological polar surface area (TPSA) is 43.4 Å². The molecule has 0 aromatic heterocycles. The number of halogens is 4. The van der Waals surface area contributed by atoms with Gasteiger partial charge in [-0.2, -0.15) is 17.2 Å². The Morgan fingerprint density at radius 3 is 2.05 bits per heavy atom. The molecule has 0 saturated heterocycles. The van der Waals surface area contributed by atoms with Crippen LogP contribution < -0.4 is 0 Å². The molecule has 0 N–H and O–H groups in total. The zero-order chi connectivity index (χ0) is 15.6. The van der Waals surface area contributed by atoms with Crippen molar-refractivity contribution in [1.29, 1.82) is 0 Å². The summed E-state index contributed by atoms with van der Waals surface area (Å²) in [4.78, 5) is -0.213. The first-order chi connectivity index (χ1) is 8.96. The zero-order valence-electron chi connectivity index (χ0n) is 10.9. The van der Waals surface area contributed by atoms with Crippen molar-refractivity contribution in [3.63, 3.8) is 0 Å². The molecule has 0 amide bonds. The number of alkyl halides is 4. The van der Waals surface area contributed by atoms with E-state index in [1.807, 2.05) is 0 Å². The molecule has 8 heteroatoms. The van der Waals surface area contributed by atoms with Crippen LogP contribution in [0, 0.1) is 6.92 Å². The third kappa shape index (κ3) is 4.17. The molecule has 0 aliphatic carbocycles. The van der Waals surface area contributed by atoms with Crippen LogP contribution in [0.5, 0.6) is 0 Å². The van der Waals surface area contributed by atoms with Crippen molar-refractivity contribution in [3.8, 4) is 0 Å². The fraction of sp³-hybridized carbons (Fsp3) is 0.500. The summed E-state index contributed by atoms with van der Waals surface area (Å²) >= 11 is 0. The fourth-order valence-corrected chi connectivity index (χ4v) is 2.18. The summed E-state index contributed by atoms with van der Waals surface area (Å²) in [6, 6.07) is 5.50. The van der Waals surface area contributed by atoms with E-state index >= 15 is 0 Å². The highest BCUT2D eigenvalue weighted by molar-refractivity contribution is 7.86. The van der Waals surface area contributed by atoms with E-state index in [1.165, 1.54) is 24.3 Å². The van der Waals surface area contributed by atoms with Crippen LogP contribution in [0.25, 0.3) is 0 Å². The largest absolute Gasteiger partial charge is 0.312 e. The molecule has 0 aliphatic heterocycles. The highest BCUT2D eigenvalue weighted by Gasteiger charge is 2.51. The van der Waals surface area contributed by atoms with Gasteiger partial charge >= 0.3 is 11.8 Å². The molecule has 1 aromatic carbocycles. The first-order valence-corrected chi connectivity index (χ1v) is 7.08. The van der Waals surface area contributed by atoms with E-state index in [9.17, 15) is 26.0 Å². The van der Waals surface area contributed by atoms with Gasteiger partial charge in [-0.05, 0) is 19.1 Å². The normalized spacial score (nSPS) is 13.5. The van der Waals surface area contributed by atoms with Gasteiger partial charge in [0.15, 0.2) is 0 Å². The average molecular weight is 314 g/mol. The van der Waals surface area contributed by atoms with Gasteiger partial charge < -0.3 is 0 Å². The molecule has 20 heavy (non-hydrogen) atoms. The first-order valence-electron chi connectivity index (χ1n) is 5.67. The van der Waals surface area contributed by atoms with E-state index in [0.29, 0.717) is 0 Å². The van der Waals surface area contributed by atoms with Crippen molar-refractivity contribution in [2.45, 2.75) is 37.0 Å². The van der Waals surface area contributed by atoms with Gasteiger partial charge in [0.2, 0.25) is 0 Å². The predicted octanol–water partition coefficient (Wildman–Crippen LogP) is 3.38. The van der Waals surface area contributed by atoms with Crippen LogP contribution in [0.4, 0.5) is 17.6 Å². The molecule has 0 unspecified atom stereocenters. The molecule has 1 rings (SSSR count). The second-order valence-corrected chi connectivity index (χ2v) is 6.05. The predicted molar refractivity (Wildman–Crippen MR) is 64.5 cm³/mol. The minimum atomic E-state index is -4.32. The molecule has 0 saturated carbocycles. The maximum absolute atomic E-state index is 12.9. The fourth-order valence-electron chi connectivity index (χ4n) is 1.27. The van der Waals surface area contributed by atoms with Gasteiger partial charge in [-0.3, -0.25) is 4.18 Å². The van der Waals surface area contributed by atoms with E-state index in [-0.39, 0.29) is 11.8 Å². The molecule has 0 heterocycles. The summed E-state index contributed by atoms with van der Waals surface area (Å²) in [7, 11) is -4.22. The van der Waals surface area contributed by atoms with Crippen LogP contribution >= 0.6 is 0 Å². The Hall–Kier alpha value is -1.15. The van der Waals surface area contributed by atoms with Crippen molar-refractivity contribution < 1.29 is 30.2 Å². The molecule has 0 fully saturated rings. The lowest BCUT2D eigenvalue weighted by molar-refractivity contribution is -0.203. The van der Waals surface area contributed by atoms with Crippen LogP contribution in [0.1, 0.15) is 18.9 Å². The summed E-state index contributed by atoms with van der Waals surface area (Å²) in [5, 5.41) is 0. The third-order valence-electron chi connectivity index (χ3n) is 2.61. The Bertz CT molecular complexity index is 547. The van der Waals surface area contributed by atoms with Gasteiger partial charge in [0.25, 0.3) is 10.1 Å². The number of rotatable bonds is 6. The molecular formula is C12H14F4O3S. The molecule has 114 valence electrons. The summed E-state index contributed by atoms with van der Waals surface area (Å²) < 4.78 is 78.5. The quantitative estimate of drug-likeness (QED) is 0.597. The van der Waals surface area contributed by atoms with Crippen molar-refractivity contribution in [2.24, 2.45) is 0 Å². The highest BCUT2D eigenvalue weighted by Crippen LogP contribution is 2.36. The molecular weight excluding hydrogens is 300 g/mol. The van der Waals surface area contributed by atoms with Crippen molar-refractivity contribution in [2.75, 3.05) is 6.61 Å². The van der Waals surface area contributed by atoms with Crippen LogP contribution in [0.15, 0.2) is 29.2 Å². The molecule has 1 aromatic rings. The molecule has 0 atom stereocenters. The lowest BCUT2D eigenvalue weighted by Crippen LogP contribution is -2.38. The lowest BCUT2D eigenvalue weighted by Gasteiger charge is -2.22. The minimum Gasteiger partial charge on any atom is -0.266 e. The van der Waals surface area contributed by atoms with Gasteiger partial charge in [-0.15, -0.1) is 0 Å². The Labute approximate surface area is 114 Å². The van der Waals surface area contributed by atoms with Crippen molar-refractivity contribution in [1.82, 2.24) is 0 Å². The standard InChI is InChI=1S/C12H14F4O3S/c1-9-3-5-10(6-4-9)20(17,18)19-8-7-12(15,16)11(2,13)14/h3-6H,7-8H2,1-2H3. The van der Waals surface area contributed by atoms with E-state index in [2.05, 4.69) is 4.18 Å². The van der Waals surface area contributed by atoms with E-state index in [4.69, 9.17) is 0 Å². The Balaban J connectivity index is 2.68. The highest BCUT2D eigenvalue weighted by atomic mass is 32.2. The van der Waals surface area contributed by atoms with Gasteiger partial charge in [0, 0.05) is 13.3 Å². The molecule has 0 radical (unpaired) electrons. The Morgan fingerprint density at radius 2 is 1.60 bits per heavy atom. The first kappa shape index (κ1) is 16.9. The molecule has 3 nitrogen and oxygen atoms in total. The number of hydrogen-bond donors (Lipinski definition) is 0. The molecule has 0 bridgehead atoms. The minimum absolute atomic E-state index is 0.0709.